The molecule has 0 bridgehead atoms. The monoisotopic (exact) mass is 278 g/mol. The van der Waals surface area contributed by atoms with Crippen molar-refractivity contribution in [1.29, 1.82) is 0 Å². The molecule has 0 spiro atoms. The van der Waals surface area contributed by atoms with Gasteiger partial charge in [-0.3, -0.25) is 0 Å². The van der Waals surface area contributed by atoms with Gasteiger partial charge in [0.15, 0.2) is 0 Å². The van der Waals surface area contributed by atoms with E-state index in [-0.39, 0.29) is 0 Å². The van der Waals surface area contributed by atoms with Gasteiger partial charge in [-0.25, -0.2) is 0 Å². The Morgan fingerprint density at radius 3 is 2.40 bits per heavy atom. The van der Waals surface area contributed by atoms with Crippen molar-refractivity contribution in [3.8, 4) is 5.75 Å². The molecule has 20 heavy (non-hydrogen) atoms. The fourth-order valence-corrected chi connectivity index (χ4v) is 2.36. The number of benzene rings is 1. The van der Waals surface area contributed by atoms with Gasteiger partial charge in [-0.15, -0.1) is 0 Å². The highest BCUT2D eigenvalue weighted by Gasteiger charge is 2.11. The Bertz CT molecular complexity index is 351. The van der Waals surface area contributed by atoms with Crippen LogP contribution in [0.4, 0.5) is 0 Å². The van der Waals surface area contributed by atoms with Gasteiger partial charge in [0, 0.05) is 12.6 Å². The van der Waals surface area contributed by atoms with Crippen molar-refractivity contribution < 1.29 is 4.74 Å². The molecule has 0 amide bonds. The van der Waals surface area contributed by atoms with Gasteiger partial charge in [0.05, 0.1) is 6.61 Å². The summed E-state index contributed by atoms with van der Waals surface area (Å²) in [6, 6.07) is 8.80. The first kappa shape index (κ1) is 17.0. The molecule has 114 valence electrons. The lowest BCUT2D eigenvalue weighted by molar-refractivity contribution is 0.290. The van der Waals surface area contributed by atoms with Crippen LogP contribution in [0.1, 0.15) is 44.7 Å². The SMILES string of the molecule is CCCCCN(C)CC(NC)c1ccc(OCC)cc1. The van der Waals surface area contributed by atoms with Crippen molar-refractivity contribution in [1.82, 2.24) is 10.2 Å². The third-order valence-corrected chi connectivity index (χ3v) is 3.58. The van der Waals surface area contributed by atoms with Gasteiger partial charge in [-0.05, 0) is 51.7 Å². The van der Waals surface area contributed by atoms with Crippen LogP contribution in [0.2, 0.25) is 0 Å². The molecule has 0 radical (unpaired) electrons. The van der Waals surface area contributed by atoms with Gasteiger partial charge in [0.2, 0.25) is 0 Å². The second kappa shape index (κ2) is 9.78. The zero-order chi connectivity index (χ0) is 14.8. The van der Waals surface area contributed by atoms with Crippen LogP contribution >= 0.6 is 0 Å². The maximum atomic E-state index is 5.49. The van der Waals surface area contributed by atoms with Crippen LogP contribution in [-0.4, -0.2) is 38.7 Å². The van der Waals surface area contributed by atoms with E-state index in [2.05, 4.69) is 48.5 Å². The van der Waals surface area contributed by atoms with Crippen molar-refractivity contribution in [3.05, 3.63) is 29.8 Å². The van der Waals surface area contributed by atoms with Gasteiger partial charge in [-0.1, -0.05) is 31.9 Å². The summed E-state index contributed by atoms with van der Waals surface area (Å²) in [7, 11) is 4.23. The lowest BCUT2D eigenvalue weighted by Crippen LogP contribution is -2.31. The molecule has 1 aromatic carbocycles. The van der Waals surface area contributed by atoms with Crippen molar-refractivity contribution in [2.24, 2.45) is 0 Å². The van der Waals surface area contributed by atoms with E-state index in [1.165, 1.54) is 31.4 Å². The van der Waals surface area contributed by atoms with E-state index in [9.17, 15) is 0 Å². The summed E-state index contributed by atoms with van der Waals surface area (Å²) in [6.45, 7) is 7.18. The van der Waals surface area contributed by atoms with Gasteiger partial charge >= 0.3 is 0 Å². The van der Waals surface area contributed by atoms with Crippen molar-refractivity contribution in [3.63, 3.8) is 0 Å². The molecule has 0 fully saturated rings. The number of likely N-dealkylation sites (N-methyl/N-ethyl adjacent to an activating group) is 2. The van der Waals surface area contributed by atoms with Gasteiger partial charge in [0.1, 0.15) is 5.75 Å². The second-order valence-electron chi connectivity index (χ2n) is 5.31. The largest absolute Gasteiger partial charge is 0.494 e. The lowest BCUT2D eigenvalue weighted by Gasteiger charge is -2.24. The average Bonchev–Trinajstić information content (AvgIpc) is 2.46. The molecule has 3 heteroatoms. The number of unbranched alkanes of at least 4 members (excludes halogenated alkanes) is 2. The summed E-state index contributed by atoms with van der Waals surface area (Å²) in [5, 5.41) is 3.41. The summed E-state index contributed by atoms with van der Waals surface area (Å²) >= 11 is 0. The minimum absolute atomic E-state index is 0.373. The van der Waals surface area contributed by atoms with Gasteiger partial charge in [-0.2, -0.15) is 0 Å². The molecule has 1 N–H and O–H groups in total. The number of ether oxygens (including phenoxy) is 1. The summed E-state index contributed by atoms with van der Waals surface area (Å²) < 4.78 is 5.49. The Labute approximate surface area is 124 Å². The highest BCUT2D eigenvalue weighted by atomic mass is 16.5. The van der Waals surface area contributed by atoms with Crippen LogP contribution in [-0.2, 0) is 0 Å². The van der Waals surface area contributed by atoms with Crippen LogP contribution in [0.15, 0.2) is 24.3 Å². The zero-order valence-electron chi connectivity index (χ0n) is 13.5. The molecule has 1 atom stereocenters. The van der Waals surface area contributed by atoms with Crippen LogP contribution in [0, 0.1) is 0 Å². The molecule has 0 saturated carbocycles. The summed E-state index contributed by atoms with van der Waals surface area (Å²) in [6.07, 6.45) is 3.88. The number of hydrogen-bond acceptors (Lipinski definition) is 3. The summed E-state index contributed by atoms with van der Waals surface area (Å²) in [5.41, 5.74) is 1.32. The molecule has 0 aliphatic heterocycles. The van der Waals surface area contributed by atoms with Gasteiger partial charge < -0.3 is 15.0 Å². The third-order valence-electron chi connectivity index (χ3n) is 3.58. The highest BCUT2D eigenvalue weighted by Crippen LogP contribution is 2.18. The second-order valence-corrected chi connectivity index (χ2v) is 5.31. The Hall–Kier alpha value is -1.06. The Balaban J connectivity index is 2.52. The molecular weight excluding hydrogens is 248 g/mol. The van der Waals surface area contributed by atoms with E-state index in [0.29, 0.717) is 6.04 Å². The Morgan fingerprint density at radius 2 is 1.85 bits per heavy atom. The fourth-order valence-electron chi connectivity index (χ4n) is 2.36. The Morgan fingerprint density at radius 1 is 1.15 bits per heavy atom. The van der Waals surface area contributed by atoms with E-state index in [1.807, 2.05) is 14.0 Å². The molecule has 0 aliphatic carbocycles. The van der Waals surface area contributed by atoms with Crippen LogP contribution < -0.4 is 10.1 Å². The predicted molar refractivity (Wildman–Crippen MR) is 86.4 cm³/mol. The number of hydrogen-bond donors (Lipinski definition) is 1. The molecule has 0 aromatic heterocycles. The normalized spacial score (nSPS) is 12.7. The van der Waals surface area contributed by atoms with Crippen LogP contribution in [0.5, 0.6) is 5.75 Å². The number of nitrogens with one attached hydrogen (secondary N) is 1. The van der Waals surface area contributed by atoms with E-state index >= 15 is 0 Å². The average molecular weight is 278 g/mol. The number of nitrogens with zero attached hydrogens (tertiary/aromatic N) is 1. The molecule has 1 rings (SSSR count). The summed E-state index contributed by atoms with van der Waals surface area (Å²) in [5.74, 6) is 0.947. The summed E-state index contributed by atoms with van der Waals surface area (Å²) in [4.78, 5) is 2.41. The lowest BCUT2D eigenvalue weighted by atomic mass is 10.1. The maximum Gasteiger partial charge on any atom is 0.119 e. The van der Waals surface area contributed by atoms with Crippen molar-refractivity contribution >= 4 is 0 Å². The first-order valence-electron chi connectivity index (χ1n) is 7.79. The number of rotatable bonds is 10. The smallest absolute Gasteiger partial charge is 0.119 e. The standard InChI is InChI=1S/C17H30N2O/c1-5-7-8-13-19(4)14-17(18-3)15-9-11-16(12-10-15)20-6-2/h9-12,17-18H,5-8,13-14H2,1-4H3. The highest BCUT2D eigenvalue weighted by molar-refractivity contribution is 5.29. The molecule has 0 saturated heterocycles. The first-order valence-corrected chi connectivity index (χ1v) is 7.79. The topological polar surface area (TPSA) is 24.5 Å². The third kappa shape index (κ3) is 5.93. The Kier molecular flexibility index (Phi) is 8.31. The first-order chi connectivity index (χ1) is 9.71. The van der Waals surface area contributed by atoms with E-state index in [4.69, 9.17) is 4.74 Å². The van der Waals surface area contributed by atoms with Crippen molar-refractivity contribution in [2.45, 2.75) is 39.2 Å². The van der Waals surface area contributed by atoms with E-state index in [0.717, 1.165) is 18.9 Å². The maximum absolute atomic E-state index is 5.49. The van der Waals surface area contributed by atoms with E-state index < -0.39 is 0 Å². The minimum Gasteiger partial charge on any atom is -0.494 e. The molecule has 3 nitrogen and oxygen atoms in total. The minimum atomic E-state index is 0.373. The van der Waals surface area contributed by atoms with Gasteiger partial charge in [0.25, 0.3) is 0 Å². The quantitative estimate of drug-likeness (QED) is 0.663. The molecule has 0 heterocycles. The van der Waals surface area contributed by atoms with Crippen LogP contribution in [0.3, 0.4) is 0 Å². The molecule has 1 unspecified atom stereocenters. The van der Waals surface area contributed by atoms with Crippen LogP contribution in [0.25, 0.3) is 0 Å². The predicted octanol–water partition coefficient (Wildman–Crippen LogP) is 3.47. The van der Waals surface area contributed by atoms with Crippen molar-refractivity contribution in [2.75, 3.05) is 33.8 Å². The van der Waals surface area contributed by atoms with E-state index in [1.54, 1.807) is 0 Å². The molecular formula is C17H30N2O. The molecule has 0 aliphatic rings. The molecule has 1 aromatic rings. The zero-order valence-corrected chi connectivity index (χ0v) is 13.5. The fraction of sp³-hybridized carbons (Fsp3) is 0.647.